The maximum atomic E-state index is 12.7. The quantitative estimate of drug-likeness (QED) is 0.318. The third kappa shape index (κ3) is 4.45. The number of fused-ring (bicyclic) bond motifs is 1. The molecule has 0 atom stereocenters. The molecule has 2 amide bonds. The average Bonchev–Trinajstić information content (AvgIpc) is 3.20. The van der Waals surface area contributed by atoms with Crippen LogP contribution in [-0.2, 0) is 4.79 Å². The molecular weight excluding hydrogens is 410 g/mol. The number of nitrogens with one attached hydrogen (secondary N) is 1. The molecule has 0 aliphatic carbocycles. The molecule has 166 valence electrons. The summed E-state index contributed by atoms with van der Waals surface area (Å²) in [7, 11) is 0. The smallest absolute Gasteiger partial charge is 0.274 e. The first kappa shape index (κ1) is 21.5. The van der Waals surface area contributed by atoms with Crippen LogP contribution in [-0.4, -0.2) is 43.3 Å². The Kier molecular flexibility index (Phi) is 6.42. The standard InChI is InChI=1S/C24H25N3O5/c1-2-5-22(28)27(14-15-31-18-10-8-17(9-11-18)24(29)25-30)23-16-19-20(26-12-4-13-26)6-3-7-21(19)32-23/h2-3,5-11,16,30H,4,12-15H2,1H3,(H,25,29). The number of amides is 2. The monoisotopic (exact) mass is 435 g/mol. The Morgan fingerprint density at radius 3 is 2.66 bits per heavy atom. The molecule has 8 nitrogen and oxygen atoms in total. The summed E-state index contributed by atoms with van der Waals surface area (Å²) >= 11 is 0. The molecule has 4 rings (SSSR count). The largest absolute Gasteiger partial charge is 0.492 e. The summed E-state index contributed by atoms with van der Waals surface area (Å²) in [6.45, 7) is 4.34. The van der Waals surface area contributed by atoms with E-state index in [1.54, 1.807) is 47.6 Å². The zero-order chi connectivity index (χ0) is 22.5. The molecule has 0 bridgehead atoms. The fraction of sp³-hybridized carbons (Fsp3) is 0.250. The van der Waals surface area contributed by atoms with Gasteiger partial charge in [-0.25, -0.2) is 5.48 Å². The van der Waals surface area contributed by atoms with Crippen molar-refractivity contribution < 1.29 is 24.0 Å². The van der Waals surface area contributed by atoms with Crippen LogP contribution in [0.15, 0.2) is 65.1 Å². The lowest BCUT2D eigenvalue weighted by atomic mass is 10.1. The Balaban J connectivity index is 1.50. The van der Waals surface area contributed by atoms with E-state index in [0.717, 1.165) is 29.7 Å². The highest BCUT2D eigenvalue weighted by molar-refractivity contribution is 6.03. The number of hydrogen-bond donors (Lipinski definition) is 2. The van der Waals surface area contributed by atoms with Gasteiger partial charge in [-0.05, 0) is 55.8 Å². The number of hydrogen-bond acceptors (Lipinski definition) is 6. The molecule has 2 aromatic carbocycles. The molecule has 0 radical (unpaired) electrons. The summed E-state index contributed by atoms with van der Waals surface area (Å²) in [6, 6.07) is 14.2. The molecular formula is C24H25N3O5. The van der Waals surface area contributed by atoms with Gasteiger partial charge in [0.25, 0.3) is 11.8 Å². The second-order valence-electron chi connectivity index (χ2n) is 7.42. The molecule has 0 spiro atoms. The van der Waals surface area contributed by atoms with E-state index < -0.39 is 5.91 Å². The summed E-state index contributed by atoms with van der Waals surface area (Å²) in [5, 5.41) is 9.68. The van der Waals surface area contributed by atoms with Crippen LogP contribution >= 0.6 is 0 Å². The van der Waals surface area contributed by atoms with Gasteiger partial charge in [0.2, 0.25) is 5.88 Å². The maximum absolute atomic E-state index is 12.7. The summed E-state index contributed by atoms with van der Waals surface area (Å²) in [5.74, 6) is 0.218. The minimum atomic E-state index is -0.595. The Bertz CT molecular complexity index is 1130. The van der Waals surface area contributed by atoms with Crippen molar-refractivity contribution in [3.63, 3.8) is 0 Å². The van der Waals surface area contributed by atoms with Crippen LogP contribution in [0.3, 0.4) is 0 Å². The van der Waals surface area contributed by atoms with Crippen molar-refractivity contribution >= 4 is 34.4 Å². The Labute approximate surface area is 185 Å². The maximum Gasteiger partial charge on any atom is 0.274 e. The molecule has 1 saturated heterocycles. The zero-order valence-electron chi connectivity index (χ0n) is 17.8. The number of nitrogens with zero attached hydrogens (tertiary/aromatic N) is 2. The van der Waals surface area contributed by atoms with Gasteiger partial charge in [-0.1, -0.05) is 12.1 Å². The minimum absolute atomic E-state index is 0.198. The molecule has 8 heteroatoms. The van der Waals surface area contributed by atoms with Crippen molar-refractivity contribution in [3.8, 4) is 5.75 Å². The fourth-order valence-corrected chi connectivity index (χ4v) is 3.58. The Hall–Kier alpha value is -3.78. The lowest BCUT2D eigenvalue weighted by Crippen LogP contribution is -2.37. The number of allylic oxidation sites excluding steroid dienone is 1. The Morgan fingerprint density at radius 1 is 1.22 bits per heavy atom. The number of carbonyl (C=O) groups is 2. The topological polar surface area (TPSA) is 95.2 Å². The van der Waals surface area contributed by atoms with Gasteiger partial charge in [0.05, 0.1) is 6.54 Å². The highest BCUT2D eigenvalue weighted by Gasteiger charge is 2.22. The first-order valence-corrected chi connectivity index (χ1v) is 10.5. The highest BCUT2D eigenvalue weighted by atomic mass is 16.5. The van der Waals surface area contributed by atoms with Crippen LogP contribution in [0.1, 0.15) is 23.7 Å². The minimum Gasteiger partial charge on any atom is -0.492 e. The van der Waals surface area contributed by atoms with E-state index in [2.05, 4.69) is 11.0 Å². The van der Waals surface area contributed by atoms with Crippen LogP contribution in [0.2, 0.25) is 0 Å². The van der Waals surface area contributed by atoms with Crippen LogP contribution in [0, 0.1) is 0 Å². The first-order chi connectivity index (χ1) is 15.6. The van der Waals surface area contributed by atoms with Crippen molar-refractivity contribution in [2.75, 3.05) is 36.0 Å². The number of ether oxygens (including phenoxy) is 1. The zero-order valence-corrected chi connectivity index (χ0v) is 17.8. The predicted molar refractivity (Wildman–Crippen MR) is 121 cm³/mol. The predicted octanol–water partition coefficient (Wildman–Crippen LogP) is 3.75. The molecule has 0 unspecified atom stereocenters. The van der Waals surface area contributed by atoms with Gasteiger partial charge in [-0.15, -0.1) is 0 Å². The first-order valence-electron chi connectivity index (χ1n) is 10.5. The van der Waals surface area contributed by atoms with Crippen molar-refractivity contribution in [2.45, 2.75) is 13.3 Å². The number of hydroxylamine groups is 1. The second kappa shape index (κ2) is 9.57. The van der Waals surface area contributed by atoms with Crippen molar-refractivity contribution in [1.29, 1.82) is 0 Å². The summed E-state index contributed by atoms with van der Waals surface area (Å²) in [4.78, 5) is 28.0. The number of anilines is 2. The van der Waals surface area contributed by atoms with Crippen LogP contribution in [0.25, 0.3) is 11.0 Å². The van der Waals surface area contributed by atoms with Gasteiger partial charge in [0.1, 0.15) is 17.9 Å². The molecule has 3 aromatic rings. The third-order valence-electron chi connectivity index (χ3n) is 5.37. The lowest BCUT2D eigenvalue weighted by molar-refractivity contribution is -0.114. The van der Waals surface area contributed by atoms with Gasteiger partial charge in [-0.2, -0.15) is 0 Å². The van der Waals surface area contributed by atoms with E-state index in [0.29, 0.717) is 17.2 Å². The van der Waals surface area contributed by atoms with Gasteiger partial charge in [0.15, 0.2) is 0 Å². The third-order valence-corrected chi connectivity index (χ3v) is 5.37. The molecule has 0 saturated carbocycles. The van der Waals surface area contributed by atoms with Crippen LogP contribution in [0.4, 0.5) is 11.6 Å². The number of carbonyl (C=O) groups excluding carboxylic acids is 2. The molecule has 1 aliphatic heterocycles. The van der Waals surface area contributed by atoms with Crippen molar-refractivity contribution in [2.24, 2.45) is 0 Å². The van der Waals surface area contributed by atoms with Crippen molar-refractivity contribution in [3.05, 3.63) is 66.2 Å². The highest BCUT2D eigenvalue weighted by Crippen LogP contribution is 2.35. The van der Waals surface area contributed by atoms with E-state index >= 15 is 0 Å². The molecule has 1 aliphatic rings. The van der Waals surface area contributed by atoms with Gasteiger partial charge >= 0.3 is 0 Å². The second-order valence-corrected chi connectivity index (χ2v) is 7.42. The molecule has 1 fully saturated rings. The van der Waals surface area contributed by atoms with E-state index in [1.165, 1.54) is 12.5 Å². The summed E-state index contributed by atoms with van der Waals surface area (Å²) < 4.78 is 11.8. The summed E-state index contributed by atoms with van der Waals surface area (Å²) in [5.41, 5.74) is 3.75. The molecule has 1 aromatic heterocycles. The average molecular weight is 435 g/mol. The Morgan fingerprint density at radius 2 is 2.00 bits per heavy atom. The lowest BCUT2D eigenvalue weighted by Gasteiger charge is -2.33. The van der Waals surface area contributed by atoms with Crippen molar-refractivity contribution in [1.82, 2.24) is 5.48 Å². The van der Waals surface area contributed by atoms with E-state index in [4.69, 9.17) is 14.4 Å². The van der Waals surface area contributed by atoms with E-state index in [9.17, 15) is 9.59 Å². The SMILES string of the molecule is CC=CC(=O)N(CCOc1ccc(C(=O)NO)cc1)c1cc2c(N3CCC3)cccc2o1. The molecule has 2 heterocycles. The number of rotatable bonds is 8. The van der Waals surface area contributed by atoms with E-state index in [1.807, 2.05) is 18.2 Å². The fourth-order valence-electron chi connectivity index (χ4n) is 3.58. The molecule has 2 N–H and O–H groups in total. The van der Waals surface area contributed by atoms with Crippen LogP contribution in [0.5, 0.6) is 5.75 Å². The van der Waals surface area contributed by atoms with E-state index in [-0.39, 0.29) is 19.1 Å². The number of furan rings is 1. The number of benzene rings is 2. The van der Waals surface area contributed by atoms with Gasteiger partial charge in [0, 0.05) is 35.8 Å². The van der Waals surface area contributed by atoms with Crippen LogP contribution < -0.4 is 20.0 Å². The van der Waals surface area contributed by atoms with Gasteiger partial charge in [-0.3, -0.25) is 19.7 Å². The summed E-state index contributed by atoms with van der Waals surface area (Å²) in [6.07, 6.45) is 4.36. The van der Waals surface area contributed by atoms with Gasteiger partial charge < -0.3 is 14.1 Å². The normalized spacial score (nSPS) is 13.2. The molecule has 32 heavy (non-hydrogen) atoms.